The molecule has 1 aromatic carbocycles. The van der Waals surface area contributed by atoms with Gasteiger partial charge in [-0.15, -0.1) is 0 Å². The number of pyridine rings is 1. The summed E-state index contributed by atoms with van der Waals surface area (Å²) in [4.78, 5) is 30.8. The number of amides is 1. The molecule has 0 unspecified atom stereocenters. The third-order valence-corrected chi connectivity index (χ3v) is 3.40. The minimum Gasteiger partial charge on any atom is -0.321 e. The van der Waals surface area contributed by atoms with E-state index in [-0.39, 0.29) is 11.3 Å². The van der Waals surface area contributed by atoms with Gasteiger partial charge >= 0.3 is 0 Å². The number of nitro benzene ring substituents is 1. The number of rotatable bonds is 4. The molecule has 0 aliphatic rings. The van der Waals surface area contributed by atoms with Gasteiger partial charge in [0.25, 0.3) is 11.6 Å². The summed E-state index contributed by atoms with van der Waals surface area (Å²) in [6.45, 7) is 1.86. The molecule has 2 aromatic heterocycles. The van der Waals surface area contributed by atoms with Crippen LogP contribution in [0.3, 0.4) is 0 Å². The van der Waals surface area contributed by atoms with Crippen LogP contribution in [0.2, 0.25) is 0 Å². The SMILES string of the molecule is Cc1nccn1-c1ccc(NC(=O)c2cccc([N+](=O)[O-])c2)cn1. The molecule has 3 aromatic rings. The Morgan fingerprint density at radius 2 is 2.08 bits per heavy atom. The van der Waals surface area contributed by atoms with Crippen LogP contribution in [0.5, 0.6) is 0 Å². The van der Waals surface area contributed by atoms with Gasteiger partial charge in [-0.25, -0.2) is 9.97 Å². The van der Waals surface area contributed by atoms with Crippen LogP contribution in [0.25, 0.3) is 5.82 Å². The summed E-state index contributed by atoms with van der Waals surface area (Å²) in [5.74, 6) is 1.04. The number of carbonyl (C=O) groups is 1. The number of benzene rings is 1. The molecule has 1 N–H and O–H groups in total. The first kappa shape index (κ1) is 15.3. The molecule has 3 rings (SSSR count). The maximum absolute atomic E-state index is 12.2. The second kappa shape index (κ2) is 6.29. The van der Waals surface area contributed by atoms with Gasteiger partial charge in [0.2, 0.25) is 0 Å². The van der Waals surface area contributed by atoms with Crippen LogP contribution < -0.4 is 5.32 Å². The van der Waals surface area contributed by atoms with Crippen LogP contribution in [0.15, 0.2) is 55.0 Å². The van der Waals surface area contributed by atoms with E-state index in [9.17, 15) is 14.9 Å². The van der Waals surface area contributed by atoms with E-state index in [0.717, 1.165) is 5.82 Å². The van der Waals surface area contributed by atoms with E-state index >= 15 is 0 Å². The molecule has 0 fully saturated rings. The molecular formula is C16H13N5O3. The minimum absolute atomic E-state index is 0.133. The predicted molar refractivity (Wildman–Crippen MR) is 87.1 cm³/mol. The summed E-state index contributed by atoms with van der Waals surface area (Å²) >= 11 is 0. The van der Waals surface area contributed by atoms with Gasteiger partial charge in [-0.2, -0.15) is 0 Å². The van der Waals surface area contributed by atoms with Crippen LogP contribution in [0.4, 0.5) is 11.4 Å². The molecule has 0 saturated carbocycles. The fraction of sp³-hybridized carbons (Fsp3) is 0.0625. The molecule has 0 aliphatic carbocycles. The molecule has 120 valence electrons. The van der Waals surface area contributed by atoms with Crippen molar-refractivity contribution in [3.63, 3.8) is 0 Å². The first-order valence-electron chi connectivity index (χ1n) is 7.07. The average Bonchev–Trinajstić information content (AvgIpc) is 3.01. The Morgan fingerprint density at radius 3 is 2.71 bits per heavy atom. The predicted octanol–water partition coefficient (Wildman–Crippen LogP) is 2.74. The molecule has 0 radical (unpaired) electrons. The molecule has 0 saturated heterocycles. The van der Waals surface area contributed by atoms with Gasteiger partial charge in [0.05, 0.1) is 16.8 Å². The van der Waals surface area contributed by atoms with Crippen molar-refractivity contribution >= 4 is 17.3 Å². The summed E-state index contributed by atoms with van der Waals surface area (Å²) < 4.78 is 1.81. The zero-order chi connectivity index (χ0) is 17.1. The number of hydrogen-bond donors (Lipinski definition) is 1. The van der Waals surface area contributed by atoms with E-state index in [2.05, 4.69) is 15.3 Å². The first-order valence-corrected chi connectivity index (χ1v) is 7.07. The van der Waals surface area contributed by atoms with Crippen molar-refractivity contribution in [3.05, 3.63) is 76.5 Å². The second-order valence-corrected chi connectivity index (χ2v) is 5.01. The topological polar surface area (TPSA) is 103 Å². The van der Waals surface area contributed by atoms with Crippen molar-refractivity contribution in [2.24, 2.45) is 0 Å². The van der Waals surface area contributed by atoms with E-state index in [0.29, 0.717) is 11.5 Å². The Labute approximate surface area is 136 Å². The molecule has 24 heavy (non-hydrogen) atoms. The van der Waals surface area contributed by atoms with E-state index in [4.69, 9.17) is 0 Å². The van der Waals surface area contributed by atoms with Gasteiger partial charge in [-0.05, 0) is 25.1 Å². The van der Waals surface area contributed by atoms with Crippen LogP contribution in [-0.2, 0) is 0 Å². The number of imidazole rings is 1. The number of anilines is 1. The summed E-state index contributed by atoms with van der Waals surface area (Å²) in [5, 5.41) is 13.4. The Balaban J connectivity index is 1.76. The number of non-ortho nitro benzene ring substituents is 1. The molecule has 8 heteroatoms. The van der Waals surface area contributed by atoms with Gasteiger partial charge in [0.15, 0.2) is 0 Å². The largest absolute Gasteiger partial charge is 0.321 e. The molecule has 0 spiro atoms. The lowest BCUT2D eigenvalue weighted by molar-refractivity contribution is -0.384. The lowest BCUT2D eigenvalue weighted by Crippen LogP contribution is -2.12. The monoisotopic (exact) mass is 323 g/mol. The van der Waals surface area contributed by atoms with E-state index in [1.807, 2.05) is 11.5 Å². The van der Waals surface area contributed by atoms with Crippen molar-refractivity contribution < 1.29 is 9.72 Å². The molecular weight excluding hydrogens is 310 g/mol. The minimum atomic E-state index is -0.541. The highest BCUT2D eigenvalue weighted by molar-refractivity contribution is 6.04. The maximum Gasteiger partial charge on any atom is 0.270 e. The lowest BCUT2D eigenvalue weighted by Gasteiger charge is -2.07. The van der Waals surface area contributed by atoms with Crippen LogP contribution in [-0.4, -0.2) is 25.4 Å². The highest BCUT2D eigenvalue weighted by Gasteiger charge is 2.12. The summed E-state index contributed by atoms with van der Waals surface area (Å²) in [7, 11) is 0. The maximum atomic E-state index is 12.2. The van der Waals surface area contributed by atoms with Crippen molar-refractivity contribution in [2.45, 2.75) is 6.92 Å². The number of aromatic nitrogens is 3. The van der Waals surface area contributed by atoms with Crippen molar-refractivity contribution in [3.8, 4) is 5.82 Å². The average molecular weight is 323 g/mol. The molecule has 8 nitrogen and oxygen atoms in total. The molecule has 1 amide bonds. The Morgan fingerprint density at radius 1 is 1.25 bits per heavy atom. The van der Waals surface area contributed by atoms with Gasteiger partial charge in [-0.3, -0.25) is 19.5 Å². The fourth-order valence-corrected chi connectivity index (χ4v) is 2.19. The van der Waals surface area contributed by atoms with Crippen molar-refractivity contribution in [2.75, 3.05) is 5.32 Å². The number of aryl methyl sites for hydroxylation is 1. The van der Waals surface area contributed by atoms with E-state index in [1.165, 1.54) is 30.5 Å². The first-order chi connectivity index (χ1) is 11.5. The zero-order valence-electron chi connectivity index (χ0n) is 12.7. The van der Waals surface area contributed by atoms with Crippen molar-refractivity contribution in [1.29, 1.82) is 0 Å². The molecule has 0 atom stereocenters. The van der Waals surface area contributed by atoms with Crippen LogP contribution in [0.1, 0.15) is 16.2 Å². The number of carbonyl (C=O) groups excluding carboxylic acids is 1. The Hall–Kier alpha value is -3.55. The lowest BCUT2D eigenvalue weighted by atomic mass is 10.2. The summed E-state index contributed by atoms with van der Waals surface area (Å²) in [5.41, 5.74) is 0.568. The standard InChI is InChI=1S/C16H13N5O3/c1-11-17-7-8-20(11)15-6-5-13(10-18-15)19-16(22)12-3-2-4-14(9-12)21(23)24/h2-10H,1H3,(H,19,22). The third-order valence-electron chi connectivity index (χ3n) is 3.40. The van der Waals surface area contributed by atoms with Gasteiger partial charge in [0.1, 0.15) is 11.6 Å². The third kappa shape index (κ3) is 3.12. The quantitative estimate of drug-likeness (QED) is 0.587. The van der Waals surface area contributed by atoms with Gasteiger partial charge in [-0.1, -0.05) is 6.07 Å². The number of hydrogen-bond acceptors (Lipinski definition) is 5. The van der Waals surface area contributed by atoms with Gasteiger partial charge in [0, 0.05) is 30.1 Å². The Bertz CT molecular complexity index is 902. The number of nitrogens with zero attached hydrogens (tertiary/aromatic N) is 4. The zero-order valence-corrected chi connectivity index (χ0v) is 12.7. The fourth-order valence-electron chi connectivity index (χ4n) is 2.19. The van der Waals surface area contributed by atoms with Crippen molar-refractivity contribution in [1.82, 2.24) is 14.5 Å². The number of nitro groups is 1. The van der Waals surface area contributed by atoms with Gasteiger partial charge < -0.3 is 5.32 Å². The summed E-state index contributed by atoms with van der Waals surface area (Å²) in [6, 6.07) is 9.00. The smallest absolute Gasteiger partial charge is 0.270 e. The normalized spacial score (nSPS) is 10.4. The number of nitrogens with one attached hydrogen (secondary N) is 1. The van der Waals surface area contributed by atoms with E-state index < -0.39 is 10.8 Å². The molecule has 0 bridgehead atoms. The highest BCUT2D eigenvalue weighted by Crippen LogP contribution is 2.16. The van der Waals surface area contributed by atoms with Crippen LogP contribution in [0, 0.1) is 17.0 Å². The Kier molecular flexibility index (Phi) is 4.02. The highest BCUT2D eigenvalue weighted by atomic mass is 16.6. The molecule has 0 aliphatic heterocycles. The van der Waals surface area contributed by atoms with Crippen LogP contribution >= 0.6 is 0 Å². The summed E-state index contributed by atoms with van der Waals surface area (Å²) in [6.07, 6.45) is 4.98. The van der Waals surface area contributed by atoms with E-state index in [1.54, 1.807) is 24.5 Å². The second-order valence-electron chi connectivity index (χ2n) is 5.01. The molecule has 2 heterocycles.